The molecule has 96 valence electrons. The topological polar surface area (TPSA) is 55.1 Å². The lowest BCUT2D eigenvalue weighted by Gasteiger charge is -2.19. The van der Waals surface area contributed by atoms with Crippen molar-refractivity contribution in [2.24, 2.45) is 11.7 Å². The van der Waals surface area contributed by atoms with E-state index in [0.29, 0.717) is 0 Å². The molecule has 18 heavy (non-hydrogen) atoms. The van der Waals surface area contributed by atoms with Crippen molar-refractivity contribution in [2.45, 2.75) is 44.2 Å². The summed E-state index contributed by atoms with van der Waals surface area (Å²) >= 11 is 0. The Kier molecular flexibility index (Phi) is 3.08. The molecule has 3 rings (SSSR count). The number of nitrogens with one attached hydrogen (secondary N) is 1. The molecule has 2 aliphatic rings. The molecule has 1 aromatic carbocycles. The Morgan fingerprint density at radius 1 is 1.22 bits per heavy atom. The number of nitrogens with two attached hydrogens (primary N) is 1. The molecule has 0 saturated heterocycles. The average molecular weight is 244 g/mol. The molecular weight excluding hydrogens is 224 g/mol. The molecule has 1 saturated carbocycles. The van der Waals surface area contributed by atoms with E-state index >= 15 is 0 Å². The molecule has 3 nitrogen and oxygen atoms in total. The highest BCUT2D eigenvalue weighted by Gasteiger charge is 2.32. The highest BCUT2D eigenvalue weighted by atomic mass is 16.2. The van der Waals surface area contributed by atoms with Gasteiger partial charge in [-0.3, -0.25) is 4.79 Å². The van der Waals surface area contributed by atoms with Gasteiger partial charge in [0.15, 0.2) is 0 Å². The molecule has 0 bridgehead atoms. The zero-order chi connectivity index (χ0) is 12.5. The van der Waals surface area contributed by atoms with Crippen molar-refractivity contribution in [1.82, 2.24) is 5.32 Å². The van der Waals surface area contributed by atoms with Crippen LogP contribution in [-0.4, -0.2) is 11.9 Å². The maximum absolute atomic E-state index is 12.2. The quantitative estimate of drug-likeness (QED) is 0.835. The van der Waals surface area contributed by atoms with Crippen LogP contribution >= 0.6 is 0 Å². The summed E-state index contributed by atoms with van der Waals surface area (Å²) in [5.74, 6) is 0.180. The van der Waals surface area contributed by atoms with Gasteiger partial charge in [-0.05, 0) is 36.8 Å². The molecule has 3 heteroatoms. The third-order valence-electron chi connectivity index (χ3n) is 4.36. The number of carbonyl (C=O) groups excluding carboxylic acids is 1. The Balaban J connectivity index is 1.69. The minimum Gasteiger partial charge on any atom is -0.349 e. The normalized spacial score (nSPS) is 30.2. The fourth-order valence-electron chi connectivity index (χ4n) is 3.30. The van der Waals surface area contributed by atoms with Crippen molar-refractivity contribution >= 4 is 5.91 Å². The summed E-state index contributed by atoms with van der Waals surface area (Å²) in [6, 6.07) is 8.65. The molecule has 0 heterocycles. The summed E-state index contributed by atoms with van der Waals surface area (Å²) in [7, 11) is 0. The van der Waals surface area contributed by atoms with Crippen LogP contribution in [0.15, 0.2) is 24.3 Å². The van der Waals surface area contributed by atoms with Gasteiger partial charge in [0.1, 0.15) is 0 Å². The van der Waals surface area contributed by atoms with Gasteiger partial charge in [-0.25, -0.2) is 0 Å². The summed E-state index contributed by atoms with van der Waals surface area (Å²) in [6.07, 6.45) is 5.10. The molecule has 3 atom stereocenters. The van der Waals surface area contributed by atoms with Gasteiger partial charge in [0.25, 0.3) is 0 Å². The van der Waals surface area contributed by atoms with E-state index in [1.807, 2.05) is 6.07 Å². The predicted octanol–water partition coefficient (Wildman–Crippen LogP) is 1.92. The number of fused-ring (bicyclic) bond motifs is 1. The first-order valence-corrected chi connectivity index (χ1v) is 6.89. The maximum atomic E-state index is 12.2. The molecule has 1 amide bonds. The molecule has 0 aliphatic heterocycles. The SMILES string of the molecule is NC1CCCC1C(=O)NC1CCc2ccccc21. The summed E-state index contributed by atoms with van der Waals surface area (Å²) in [5.41, 5.74) is 8.65. The van der Waals surface area contributed by atoms with Crippen LogP contribution in [0.1, 0.15) is 42.9 Å². The smallest absolute Gasteiger partial charge is 0.225 e. The largest absolute Gasteiger partial charge is 0.349 e. The third-order valence-corrected chi connectivity index (χ3v) is 4.36. The van der Waals surface area contributed by atoms with Crippen molar-refractivity contribution in [3.63, 3.8) is 0 Å². The summed E-state index contributed by atoms with van der Waals surface area (Å²) in [6.45, 7) is 0. The Morgan fingerprint density at radius 3 is 2.83 bits per heavy atom. The van der Waals surface area contributed by atoms with Gasteiger partial charge in [0.2, 0.25) is 5.91 Å². The number of benzene rings is 1. The first kappa shape index (κ1) is 11.7. The number of hydrogen-bond acceptors (Lipinski definition) is 2. The summed E-state index contributed by atoms with van der Waals surface area (Å²) in [5, 5.41) is 3.19. The lowest BCUT2D eigenvalue weighted by molar-refractivity contribution is -0.125. The van der Waals surface area contributed by atoms with E-state index in [9.17, 15) is 4.79 Å². The lowest BCUT2D eigenvalue weighted by Crippen LogP contribution is -2.39. The molecule has 0 spiro atoms. The maximum Gasteiger partial charge on any atom is 0.225 e. The minimum atomic E-state index is 0.0257. The highest BCUT2D eigenvalue weighted by molar-refractivity contribution is 5.80. The third kappa shape index (κ3) is 2.03. The molecular formula is C15H20N2O. The van der Waals surface area contributed by atoms with Crippen LogP contribution < -0.4 is 11.1 Å². The second-order valence-electron chi connectivity index (χ2n) is 5.50. The van der Waals surface area contributed by atoms with Crippen LogP contribution in [0.2, 0.25) is 0 Å². The molecule has 1 fully saturated rings. The van der Waals surface area contributed by atoms with Crippen LogP contribution in [0.4, 0.5) is 0 Å². The van der Waals surface area contributed by atoms with Gasteiger partial charge in [-0.1, -0.05) is 30.7 Å². The van der Waals surface area contributed by atoms with Gasteiger partial charge in [0.05, 0.1) is 12.0 Å². The first-order valence-electron chi connectivity index (χ1n) is 6.89. The Bertz CT molecular complexity index is 458. The fraction of sp³-hybridized carbons (Fsp3) is 0.533. The predicted molar refractivity (Wildman–Crippen MR) is 71.0 cm³/mol. The van der Waals surface area contributed by atoms with Crippen molar-refractivity contribution in [3.8, 4) is 0 Å². The van der Waals surface area contributed by atoms with Crippen molar-refractivity contribution in [1.29, 1.82) is 0 Å². The van der Waals surface area contributed by atoms with Crippen LogP contribution in [0.3, 0.4) is 0 Å². The van der Waals surface area contributed by atoms with Crippen LogP contribution in [0, 0.1) is 5.92 Å². The highest BCUT2D eigenvalue weighted by Crippen LogP contribution is 2.32. The van der Waals surface area contributed by atoms with Crippen LogP contribution in [-0.2, 0) is 11.2 Å². The molecule has 3 unspecified atom stereocenters. The standard InChI is InChI=1S/C15H20N2O/c16-13-7-3-6-12(13)15(18)17-14-9-8-10-4-1-2-5-11(10)14/h1-2,4-5,12-14H,3,6-9,16H2,(H,17,18). The second kappa shape index (κ2) is 4.73. The van der Waals surface area contributed by atoms with E-state index in [0.717, 1.165) is 32.1 Å². The van der Waals surface area contributed by atoms with Gasteiger partial charge in [-0.15, -0.1) is 0 Å². The molecule has 0 radical (unpaired) electrons. The van der Waals surface area contributed by atoms with E-state index in [4.69, 9.17) is 5.73 Å². The van der Waals surface area contributed by atoms with Gasteiger partial charge >= 0.3 is 0 Å². The lowest BCUT2D eigenvalue weighted by atomic mass is 10.0. The zero-order valence-electron chi connectivity index (χ0n) is 10.6. The van der Waals surface area contributed by atoms with Gasteiger partial charge < -0.3 is 11.1 Å². The van der Waals surface area contributed by atoms with E-state index in [-0.39, 0.29) is 23.9 Å². The second-order valence-corrected chi connectivity index (χ2v) is 5.50. The number of carbonyl (C=O) groups is 1. The first-order chi connectivity index (χ1) is 8.75. The molecule has 2 aliphatic carbocycles. The summed E-state index contributed by atoms with van der Waals surface area (Å²) in [4.78, 5) is 12.2. The molecule has 3 N–H and O–H groups in total. The van der Waals surface area contributed by atoms with E-state index in [1.165, 1.54) is 11.1 Å². The monoisotopic (exact) mass is 244 g/mol. The number of hydrogen-bond donors (Lipinski definition) is 2. The zero-order valence-corrected chi connectivity index (χ0v) is 10.6. The number of amides is 1. The van der Waals surface area contributed by atoms with Crippen LogP contribution in [0.5, 0.6) is 0 Å². The Hall–Kier alpha value is -1.35. The number of aryl methyl sites for hydroxylation is 1. The van der Waals surface area contributed by atoms with Crippen molar-refractivity contribution in [2.75, 3.05) is 0 Å². The Labute approximate surface area is 108 Å². The van der Waals surface area contributed by atoms with Crippen molar-refractivity contribution in [3.05, 3.63) is 35.4 Å². The van der Waals surface area contributed by atoms with Gasteiger partial charge in [0, 0.05) is 6.04 Å². The molecule has 1 aromatic rings. The van der Waals surface area contributed by atoms with Gasteiger partial charge in [-0.2, -0.15) is 0 Å². The number of rotatable bonds is 2. The van der Waals surface area contributed by atoms with E-state index in [1.54, 1.807) is 0 Å². The van der Waals surface area contributed by atoms with E-state index < -0.39 is 0 Å². The van der Waals surface area contributed by atoms with Crippen LogP contribution in [0.25, 0.3) is 0 Å². The minimum absolute atomic E-state index is 0.0257. The Morgan fingerprint density at radius 2 is 2.06 bits per heavy atom. The average Bonchev–Trinajstić information content (AvgIpc) is 2.97. The van der Waals surface area contributed by atoms with Crippen molar-refractivity contribution < 1.29 is 4.79 Å². The molecule has 0 aromatic heterocycles. The summed E-state index contributed by atoms with van der Waals surface area (Å²) < 4.78 is 0. The van der Waals surface area contributed by atoms with E-state index in [2.05, 4.69) is 23.5 Å². The fourth-order valence-corrected chi connectivity index (χ4v) is 3.30.